The van der Waals surface area contributed by atoms with E-state index in [2.05, 4.69) is 48.2 Å². The van der Waals surface area contributed by atoms with Gasteiger partial charge in [-0.1, -0.05) is 48.5 Å². The number of rotatable bonds is 8. The molecule has 0 saturated carbocycles. The number of para-hydroxylation sites is 1. The van der Waals surface area contributed by atoms with Crippen LogP contribution in [-0.4, -0.2) is 64.0 Å². The van der Waals surface area contributed by atoms with E-state index in [1.165, 1.54) is 36.8 Å². The maximum atomic E-state index is 12.9. The maximum absolute atomic E-state index is 12.9. The van der Waals surface area contributed by atoms with Crippen LogP contribution in [0.25, 0.3) is 0 Å². The molecular formula is C30H32N6O6. The van der Waals surface area contributed by atoms with Crippen molar-refractivity contribution in [1.82, 2.24) is 4.90 Å². The lowest BCUT2D eigenvalue weighted by Gasteiger charge is -2.24. The molecular weight excluding hydrogens is 540 g/mol. The molecule has 0 N–H and O–H groups in total. The van der Waals surface area contributed by atoms with Crippen LogP contribution in [-0.2, 0) is 16.0 Å². The number of hydrogen-bond donors (Lipinski definition) is 0. The Kier molecular flexibility index (Phi) is 9.38. The van der Waals surface area contributed by atoms with E-state index in [0.29, 0.717) is 0 Å². The molecule has 1 fully saturated rings. The number of carbonyl (C=O) groups excluding carboxylic acids is 2. The quantitative estimate of drug-likeness (QED) is 0.289. The molecule has 2 aliphatic rings. The fourth-order valence-electron chi connectivity index (χ4n) is 5.05. The molecule has 12 heteroatoms. The summed E-state index contributed by atoms with van der Waals surface area (Å²) in [7, 11) is 2.06. The van der Waals surface area contributed by atoms with Crippen molar-refractivity contribution in [2.75, 3.05) is 23.5 Å². The van der Waals surface area contributed by atoms with Crippen molar-refractivity contribution >= 4 is 34.6 Å². The van der Waals surface area contributed by atoms with Gasteiger partial charge in [0.25, 0.3) is 5.69 Å². The van der Waals surface area contributed by atoms with Crippen molar-refractivity contribution in [3.63, 3.8) is 0 Å². The second-order valence-electron chi connectivity index (χ2n) is 10.2. The first-order valence-corrected chi connectivity index (χ1v) is 13.5. The topological polar surface area (TPSA) is 143 Å². The molecule has 0 spiro atoms. The number of anilines is 2. The minimum Gasteiger partial charge on any atom is -0.308 e. The highest BCUT2D eigenvalue weighted by molar-refractivity contribution is 6.17. The van der Waals surface area contributed by atoms with Crippen LogP contribution in [0.3, 0.4) is 0 Å². The van der Waals surface area contributed by atoms with Gasteiger partial charge in [0.15, 0.2) is 0 Å². The Hall–Kier alpha value is -4.97. The molecule has 42 heavy (non-hydrogen) atoms. The molecule has 0 aromatic heterocycles. The number of hydrogen-bond acceptors (Lipinski definition) is 8. The second-order valence-corrected chi connectivity index (χ2v) is 10.2. The lowest BCUT2D eigenvalue weighted by atomic mass is 10.1. The van der Waals surface area contributed by atoms with Gasteiger partial charge in [-0.3, -0.25) is 34.7 Å². The van der Waals surface area contributed by atoms with E-state index in [1.807, 2.05) is 41.3 Å². The molecule has 2 amide bonds. The largest absolute Gasteiger partial charge is 0.331 e. The molecule has 3 aromatic carbocycles. The number of nitro groups is 2. The summed E-state index contributed by atoms with van der Waals surface area (Å²) in [5.41, 5.74) is 2.51. The van der Waals surface area contributed by atoms with E-state index in [4.69, 9.17) is 0 Å². The van der Waals surface area contributed by atoms with Crippen LogP contribution >= 0.6 is 0 Å². The first kappa shape index (κ1) is 30.0. The third-order valence-corrected chi connectivity index (χ3v) is 7.30. The lowest BCUT2D eigenvalue weighted by molar-refractivity contribution is -0.488. The van der Waals surface area contributed by atoms with Gasteiger partial charge in [-0.2, -0.15) is 10.1 Å². The van der Waals surface area contributed by atoms with Crippen molar-refractivity contribution in [2.24, 2.45) is 5.10 Å². The molecule has 0 radical (unpaired) electrons. The van der Waals surface area contributed by atoms with Gasteiger partial charge in [0.1, 0.15) is 5.71 Å². The Balaban J connectivity index is 0.000000197. The molecule has 2 aliphatic heterocycles. The summed E-state index contributed by atoms with van der Waals surface area (Å²) in [5.74, 6) is -0.560. The number of benzene rings is 3. The number of nitrogens with zero attached hydrogens (tertiary/aromatic N) is 6. The zero-order valence-electron chi connectivity index (χ0n) is 23.6. The standard InChI is InChI=1S/C20H24N2O.C10H8N4O5/c1-16-15-19(20(23)22(16)18-11-7-4-8-12-18)21(2)14-13-17-9-5-3-6-10-17;1-6-9(14(18)19)10(15)12(11-6)7-2-4-8(5-3-7)13(16)17/h3-12,16,19H,13-15H2,1-2H3;2-5,9H,1H3/t16-,19+;/m0./s1. The number of carbonyl (C=O) groups is 2. The Morgan fingerprint density at radius 2 is 1.48 bits per heavy atom. The normalized spacial score (nSPS) is 19.9. The van der Waals surface area contributed by atoms with Gasteiger partial charge < -0.3 is 4.90 Å². The lowest BCUT2D eigenvalue weighted by Crippen LogP contribution is -2.41. The zero-order valence-corrected chi connectivity index (χ0v) is 23.6. The van der Waals surface area contributed by atoms with E-state index in [9.17, 15) is 29.8 Å². The second kappa shape index (κ2) is 13.1. The molecule has 12 nitrogen and oxygen atoms in total. The van der Waals surface area contributed by atoms with Gasteiger partial charge in [-0.05, 0) is 63.6 Å². The van der Waals surface area contributed by atoms with Crippen LogP contribution < -0.4 is 9.91 Å². The Labute approximate surface area is 243 Å². The fraction of sp³-hybridized carbons (Fsp3) is 0.300. The maximum Gasteiger partial charge on any atom is 0.331 e. The first-order valence-electron chi connectivity index (χ1n) is 13.5. The molecule has 3 aromatic rings. The van der Waals surface area contributed by atoms with Crippen LogP contribution in [0.15, 0.2) is 90.0 Å². The van der Waals surface area contributed by atoms with Crippen molar-refractivity contribution in [1.29, 1.82) is 0 Å². The van der Waals surface area contributed by atoms with Gasteiger partial charge in [-0.25, -0.2) is 0 Å². The molecule has 218 valence electrons. The summed E-state index contributed by atoms with van der Waals surface area (Å²) >= 11 is 0. The van der Waals surface area contributed by atoms with Crippen molar-refractivity contribution in [3.05, 3.63) is 111 Å². The van der Waals surface area contributed by atoms with E-state index >= 15 is 0 Å². The van der Waals surface area contributed by atoms with E-state index < -0.39 is 21.8 Å². The number of nitro benzene ring substituents is 1. The summed E-state index contributed by atoms with van der Waals surface area (Å²) in [6.07, 6.45) is 1.86. The van der Waals surface area contributed by atoms with Gasteiger partial charge in [0.05, 0.1) is 16.7 Å². The predicted octanol–water partition coefficient (Wildman–Crippen LogP) is 4.32. The van der Waals surface area contributed by atoms with Crippen LogP contribution in [0.1, 0.15) is 25.8 Å². The predicted molar refractivity (Wildman–Crippen MR) is 159 cm³/mol. The molecule has 0 aliphatic carbocycles. The third kappa shape index (κ3) is 6.66. The number of amides is 2. The highest BCUT2D eigenvalue weighted by atomic mass is 16.6. The fourth-order valence-corrected chi connectivity index (χ4v) is 5.05. The molecule has 3 atom stereocenters. The molecule has 1 saturated heterocycles. The summed E-state index contributed by atoms with van der Waals surface area (Å²) in [6.45, 7) is 4.42. The van der Waals surface area contributed by atoms with E-state index in [1.54, 1.807) is 0 Å². The van der Waals surface area contributed by atoms with Crippen molar-refractivity contribution in [2.45, 2.75) is 44.8 Å². The van der Waals surface area contributed by atoms with Crippen LogP contribution in [0.5, 0.6) is 0 Å². The summed E-state index contributed by atoms with van der Waals surface area (Å²) in [5, 5.41) is 25.9. The molecule has 1 unspecified atom stereocenters. The van der Waals surface area contributed by atoms with E-state index in [-0.39, 0.29) is 35.1 Å². The van der Waals surface area contributed by atoms with Crippen molar-refractivity contribution in [3.8, 4) is 0 Å². The average molecular weight is 573 g/mol. The summed E-state index contributed by atoms with van der Waals surface area (Å²) in [6, 6.07) is 24.2. The van der Waals surface area contributed by atoms with Gasteiger partial charge in [-0.15, -0.1) is 0 Å². The SMILES string of the molecule is CC1=NN(c2ccc([N+](=O)[O-])cc2)C(=O)C1[N+](=O)[O-].C[C@H]1C[C@@H](N(C)CCc2ccccc2)C(=O)N1c1ccccc1. The summed E-state index contributed by atoms with van der Waals surface area (Å²) < 4.78 is 0. The molecule has 0 bridgehead atoms. The van der Waals surface area contributed by atoms with Crippen LogP contribution in [0, 0.1) is 20.2 Å². The zero-order chi connectivity index (χ0) is 30.4. The van der Waals surface area contributed by atoms with Gasteiger partial charge in [0.2, 0.25) is 5.91 Å². The monoisotopic (exact) mass is 572 g/mol. The Morgan fingerprint density at radius 3 is 2.02 bits per heavy atom. The van der Waals surface area contributed by atoms with Crippen molar-refractivity contribution < 1.29 is 19.4 Å². The molecule has 2 heterocycles. The number of non-ortho nitro benzene ring substituents is 1. The number of hydrazone groups is 1. The molecule has 5 rings (SSSR count). The minimum atomic E-state index is -1.49. The minimum absolute atomic E-state index is 0.0195. The summed E-state index contributed by atoms with van der Waals surface area (Å²) in [4.78, 5) is 48.8. The first-order chi connectivity index (χ1) is 20.1. The van der Waals surface area contributed by atoms with E-state index in [0.717, 1.165) is 30.1 Å². The highest BCUT2D eigenvalue weighted by Crippen LogP contribution is 2.29. The number of likely N-dealkylation sites (N-methyl/N-ethyl adjacent to an activating group) is 1. The highest BCUT2D eigenvalue weighted by Gasteiger charge is 2.43. The van der Waals surface area contributed by atoms with Gasteiger partial charge in [0, 0.05) is 35.3 Å². The third-order valence-electron chi connectivity index (χ3n) is 7.30. The average Bonchev–Trinajstić information content (AvgIpc) is 3.46. The van der Waals surface area contributed by atoms with Gasteiger partial charge >= 0.3 is 11.9 Å². The van der Waals surface area contributed by atoms with Crippen LogP contribution in [0.4, 0.5) is 17.1 Å². The Morgan fingerprint density at radius 1 is 0.881 bits per heavy atom. The van der Waals surface area contributed by atoms with Crippen LogP contribution in [0.2, 0.25) is 0 Å². The smallest absolute Gasteiger partial charge is 0.308 e. The Bertz CT molecular complexity index is 1460.